The standard InChI is InChI=1S/C7H9N2/c1-2-6-3-4-7(8)9-5-6/h3-5H,1-2H2,(H2,8,9). The molecule has 0 unspecified atom stereocenters. The molecule has 2 N–H and O–H groups in total. The van der Waals surface area contributed by atoms with E-state index < -0.39 is 0 Å². The van der Waals surface area contributed by atoms with E-state index in [0.717, 1.165) is 12.0 Å². The number of aromatic nitrogens is 1. The van der Waals surface area contributed by atoms with Gasteiger partial charge in [-0.15, -0.1) is 0 Å². The smallest absolute Gasteiger partial charge is 0.123 e. The molecule has 0 aromatic carbocycles. The monoisotopic (exact) mass is 121 g/mol. The highest BCUT2D eigenvalue weighted by molar-refractivity contribution is 5.29. The van der Waals surface area contributed by atoms with E-state index in [0.29, 0.717) is 5.82 Å². The first-order valence-electron chi connectivity index (χ1n) is 2.82. The molecule has 1 rings (SSSR count). The molecule has 9 heavy (non-hydrogen) atoms. The van der Waals surface area contributed by atoms with Crippen LogP contribution >= 0.6 is 0 Å². The first-order chi connectivity index (χ1) is 4.33. The number of anilines is 1. The molecule has 0 spiro atoms. The number of hydrogen-bond acceptors (Lipinski definition) is 2. The van der Waals surface area contributed by atoms with E-state index in [1.54, 1.807) is 12.3 Å². The van der Waals surface area contributed by atoms with Crippen molar-refractivity contribution in [1.82, 2.24) is 4.98 Å². The van der Waals surface area contributed by atoms with Gasteiger partial charge in [-0.05, 0) is 25.0 Å². The van der Waals surface area contributed by atoms with Crippen molar-refractivity contribution < 1.29 is 0 Å². The topological polar surface area (TPSA) is 38.9 Å². The molecule has 1 heterocycles. The fraction of sp³-hybridized carbons (Fsp3) is 0.143. The summed E-state index contributed by atoms with van der Waals surface area (Å²) in [5.74, 6) is 0.562. The van der Waals surface area contributed by atoms with E-state index >= 15 is 0 Å². The van der Waals surface area contributed by atoms with Gasteiger partial charge in [-0.1, -0.05) is 6.07 Å². The van der Waals surface area contributed by atoms with Gasteiger partial charge in [0.1, 0.15) is 5.82 Å². The second kappa shape index (κ2) is 2.49. The minimum Gasteiger partial charge on any atom is -0.384 e. The molecule has 0 aliphatic carbocycles. The molecule has 0 saturated heterocycles. The number of pyridine rings is 1. The Hall–Kier alpha value is -1.05. The Kier molecular flexibility index (Phi) is 1.68. The van der Waals surface area contributed by atoms with Gasteiger partial charge in [0.05, 0.1) is 0 Å². The van der Waals surface area contributed by atoms with Gasteiger partial charge in [0.15, 0.2) is 0 Å². The van der Waals surface area contributed by atoms with Gasteiger partial charge in [-0.2, -0.15) is 0 Å². The van der Waals surface area contributed by atoms with Crippen molar-refractivity contribution in [2.75, 3.05) is 5.73 Å². The quantitative estimate of drug-likeness (QED) is 0.603. The van der Waals surface area contributed by atoms with Crippen molar-refractivity contribution >= 4 is 5.82 Å². The summed E-state index contributed by atoms with van der Waals surface area (Å²) < 4.78 is 0. The average Bonchev–Trinajstić information content (AvgIpc) is 1.90. The third-order valence-corrected chi connectivity index (χ3v) is 1.14. The van der Waals surface area contributed by atoms with Crippen molar-refractivity contribution in [3.8, 4) is 0 Å². The summed E-state index contributed by atoms with van der Waals surface area (Å²) in [4.78, 5) is 3.89. The summed E-state index contributed by atoms with van der Waals surface area (Å²) in [5.41, 5.74) is 6.46. The molecule has 1 aromatic heterocycles. The second-order valence-corrected chi connectivity index (χ2v) is 1.84. The van der Waals surface area contributed by atoms with Crippen LogP contribution < -0.4 is 5.73 Å². The Bertz CT molecular complexity index is 179. The Morgan fingerprint density at radius 3 is 2.78 bits per heavy atom. The van der Waals surface area contributed by atoms with Crippen molar-refractivity contribution in [2.24, 2.45) is 0 Å². The number of nitrogens with zero attached hydrogens (tertiary/aromatic N) is 1. The SMILES string of the molecule is [CH2]Cc1ccc(N)nc1. The van der Waals surface area contributed by atoms with Gasteiger partial charge in [-0.25, -0.2) is 4.98 Å². The molecule has 2 heteroatoms. The van der Waals surface area contributed by atoms with Crippen LogP contribution in [-0.4, -0.2) is 4.98 Å². The van der Waals surface area contributed by atoms with Gasteiger partial charge < -0.3 is 5.73 Å². The van der Waals surface area contributed by atoms with E-state index in [-0.39, 0.29) is 0 Å². The highest BCUT2D eigenvalue weighted by atomic mass is 14.8. The van der Waals surface area contributed by atoms with Crippen LogP contribution in [0.1, 0.15) is 5.56 Å². The molecule has 0 bridgehead atoms. The molecule has 0 fully saturated rings. The van der Waals surface area contributed by atoms with Crippen LogP contribution in [0.15, 0.2) is 18.3 Å². The average molecular weight is 121 g/mol. The molecule has 1 radical (unpaired) electrons. The molecule has 2 nitrogen and oxygen atoms in total. The molecule has 0 atom stereocenters. The Morgan fingerprint density at radius 2 is 2.33 bits per heavy atom. The normalized spacial score (nSPS) is 9.44. The zero-order valence-electron chi connectivity index (χ0n) is 5.17. The van der Waals surface area contributed by atoms with E-state index in [4.69, 9.17) is 5.73 Å². The van der Waals surface area contributed by atoms with Crippen LogP contribution in [-0.2, 0) is 6.42 Å². The molecule has 0 aliphatic heterocycles. The van der Waals surface area contributed by atoms with Crippen LogP contribution in [0, 0.1) is 6.92 Å². The maximum absolute atomic E-state index is 5.35. The summed E-state index contributed by atoms with van der Waals surface area (Å²) >= 11 is 0. The minimum absolute atomic E-state index is 0.562. The van der Waals surface area contributed by atoms with Crippen LogP contribution in [0.3, 0.4) is 0 Å². The second-order valence-electron chi connectivity index (χ2n) is 1.84. The zero-order chi connectivity index (χ0) is 6.69. The number of rotatable bonds is 1. The summed E-state index contributed by atoms with van der Waals surface area (Å²) in [6.07, 6.45) is 2.51. The third kappa shape index (κ3) is 1.42. The van der Waals surface area contributed by atoms with Gasteiger partial charge >= 0.3 is 0 Å². The number of nitrogens with two attached hydrogens (primary N) is 1. The van der Waals surface area contributed by atoms with Crippen LogP contribution in [0.25, 0.3) is 0 Å². The van der Waals surface area contributed by atoms with Crippen LogP contribution in [0.2, 0.25) is 0 Å². The van der Waals surface area contributed by atoms with Crippen molar-refractivity contribution in [3.05, 3.63) is 30.8 Å². The molecule has 47 valence electrons. The van der Waals surface area contributed by atoms with E-state index in [1.807, 2.05) is 6.07 Å². The lowest BCUT2D eigenvalue weighted by Crippen LogP contribution is -1.89. The summed E-state index contributed by atoms with van der Waals surface area (Å²) in [7, 11) is 0. The molecule has 0 saturated carbocycles. The largest absolute Gasteiger partial charge is 0.384 e. The lowest BCUT2D eigenvalue weighted by atomic mass is 10.2. The van der Waals surface area contributed by atoms with Crippen molar-refractivity contribution in [1.29, 1.82) is 0 Å². The van der Waals surface area contributed by atoms with Crippen molar-refractivity contribution in [2.45, 2.75) is 6.42 Å². The lowest BCUT2D eigenvalue weighted by Gasteiger charge is -1.93. The van der Waals surface area contributed by atoms with E-state index in [2.05, 4.69) is 11.9 Å². The summed E-state index contributed by atoms with van der Waals surface area (Å²) in [5, 5.41) is 0. The third-order valence-electron chi connectivity index (χ3n) is 1.14. The van der Waals surface area contributed by atoms with E-state index in [9.17, 15) is 0 Å². The van der Waals surface area contributed by atoms with Gasteiger partial charge in [0.2, 0.25) is 0 Å². The van der Waals surface area contributed by atoms with Crippen LogP contribution in [0.4, 0.5) is 5.82 Å². The minimum atomic E-state index is 0.562. The Labute approximate surface area is 54.7 Å². The highest BCUT2D eigenvalue weighted by Crippen LogP contribution is 2.00. The van der Waals surface area contributed by atoms with Crippen LogP contribution in [0.5, 0.6) is 0 Å². The molecular weight excluding hydrogens is 112 g/mol. The summed E-state index contributed by atoms with van der Waals surface area (Å²) in [6, 6.07) is 3.70. The van der Waals surface area contributed by atoms with Gasteiger partial charge in [0.25, 0.3) is 0 Å². The molecule has 1 aromatic rings. The zero-order valence-corrected chi connectivity index (χ0v) is 5.17. The fourth-order valence-corrected chi connectivity index (χ4v) is 0.584. The number of hydrogen-bond donors (Lipinski definition) is 1. The predicted molar refractivity (Wildman–Crippen MR) is 37.7 cm³/mol. The maximum Gasteiger partial charge on any atom is 0.123 e. The highest BCUT2D eigenvalue weighted by Gasteiger charge is 1.86. The van der Waals surface area contributed by atoms with E-state index in [1.165, 1.54) is 0 Å². The lowest BCUT2D eigenvalue weighted by molar-refractivity contribution is 1.20. The summed E-state index contributed by atoms with van der Waals surface area (Å²) in [6.45, 7) is 3.70. The molecular formula is C7H9N2. The van der Waals surface area contributed by atoms with Gasteiger partial charge in [0, 0.05) is 6.20 Å². The predicted octanol–water partition coefficient (Wildman–Crippen LogP) is 1.04. The number of nitrogen functional groups attached to an aromatic ring is 1. The fourth-order valence-electron chi connectivity index (χ4n) is 0.584. The Morgan fingerprint density at radius 1 is 1.56 bits per heavy atom. The molecule has 0 amide bonds. The first-order valence-corrected chi connectivity index (χ1v) is 2.82. The first kappa shape index (κ1) is 6.08. The maximum atomic E-state index is 5.35. The molecule has 0 aliphatic rings. The van der Waals surface area contributed by atoms with Crippen molar-refractivity contribution in [3.63, 3.8) is 0 Å². The van der Waals surface area contributed by atoms with Gasteiger partial charge in [-0.3, -0.25) is 0 Å². The Balaban J connectivity index is 2.88.